The molecule has 1 heterocycles. The quantitative estimate of drug-likeness (QED) is 0.745. The Morgan fingerprint density at radius 3 is 3.00 bits per heavy atom. The lowest BCUT2D eigenvalue weighted by Gasteiger charge is -2.04. The molecule has 76 valence electrons. The van der Waals surface area contributed by atoms with E-state index in [1.807, 2.05) is 0 Å². The third-order valence-electron chi connectivity index (χ3n) is 2.81. The molecule has 0 aromatic carbocycles. The van der Waals surface area contributed by atoms with E-state index < -0.39 is 0 Å². The van der Waals surface area contributed by atoms with Crippen molar-refractivity contribution in [2.45, 2.75) is 25.7 Å². The Hall–Kier alpha value is -1.32. The molecule has 1 aliphatic carbocycles. The number of hydrogen-bond acceptors (Lipinski definition) is 3. The van der Waals surface area contributed by atoms with Gasteiger partial charge < -0.3 is 4.74 Å². The Bertz CT molecular complexity index is 342. The SMILES string of the molecule is COC(=O)c1cc(C(C)C2CC2)[nH]n1. The molecule has 1 aliphatic rings. The van der Waals surface area contributed by atoms with Crippen LogP contribution in [0.2, 0.25) is 0 Å². The van der Waals surface area contributed by atoms with Gasteiger partial charge in [0.1, 0.15) is 0 Å². The third-order valence-corrected chi connectivity index (χ3v) is 2.81. The van der Waals surface area contributed by atoms with Crippen LogP contribution in [0.5, 0.6) is 0 Å². The van der Waals surface area contributed by atoms with Crippen molar-refractivity contribution in [2.24, 2.45) is 5.92 Å². The zero-order valence-electron chi connectivity index (χ0n) is 8.41. The Kier molecular flexibility index (Phi) is 2.27. The van der Waals surface area contributed by atoms with E-state index in [-0.39, 0.29) is 5.97 Å². The Morgan fingerprint density at radius 2 is 2.43 bits per heavy atom. The van der Waals surface area contributed by atoms with Crippen LogP contribution >= 0.6 is 0 Å². The molecule has 1 atom stereocenters. The van der Waals surface area contributed by atoms with Gasteiger partial charge in [-0.15, -0.1) is 0 Å². The lowest BCUT2D eigenvalue weighted by molar-refractivity contribution is 0.0594. The summed E-state index contributed by atoms with van der Waals surface area (Å²) < 4.78 is 4.58. The molecule has 0 aliphatic heterocycles. The van der Waals surface area contributed by atoms with Gasteiger partial charge in [-0.25, -0.2) is 4.79 Å². The normalized spacial score (nSPS) is 17.9. The number of carbonyl (C=O) groups is 1. The predicted molar refractivity (Wildman–Crippen MR) is 51.1 cm³/mol. The van der Waals surface area contributed by atoms with Crippen LogP contribution < -0.4 is 0 Å². The lowest BCUT2D eigenvalue weighted by Crippen LogP contribution is -2.00. The zero-order chi connectivity index (χ0) is 10.1. The number of methoxy groups -OCH3 is 1. The molecule has 4 heteroatoms. The highest BCUT2D eigenvalue weighted by molar-refractivity contribution is 5.87. The number of carbonyl (C=O) groups excluding carboxylic acids is 1. The molecule has 0 radical (unpaired) electrons. The molecule has 1 aromatic rings. The Balaban J connectivity index is 2.12. The minimum absolute atomic E-state index is 0.370. The van der Waals surface area contributed by atoms with E-state index in [2.05, 4.69) is 21.9 Å². The van der Waals surface area contributed by atoms with Crippen molar-refractivity contribution in [2.75, 3.05) is 7.11 Å². The first-order chi connectivity index (χ1) is 6.72. The molecule has 0 bridgehead atoms. The van der Waals surface area contributed by atoms with Crippen LogP contribution in [0.4, 0.5) is 0 Å². The molecule has 0 amide bonds. The van der Waals surface area contributed by atoms with Gasteiger partial charge in [0.2, 0.25) is 0 Å². The van der Waals surface area contributed by atoms with E-state index in [1.165, 1.54) is 20.0 Å². The standard InChI is InChI=1S/C10H14N2O2/c1-6(7-3-4-7)8-5-9(12-11-8)10(13)14-2/h5-7H,3-4H2,1-2H3,(H,11,12). The minimum Gasteiger partial charge on any atom is -0.464 e. The van der Waals surface area contributed by atoms with Gasteiger partial charge in [-0.2, -0.15) is 5.10 Å². The van der Waals surface area contributed by atoms with Gasteiger partial charge >= 0.3 is 5.97 Å². The van der Waals surface area contributed by atoms with Gasteiger partial charge in [-0.1, -0.05) is 6.92 Å². The highest BCUT2D eigenvalue weighted by Crippen LogP contribution is 2.41. The van der Waals surface area contributed by atoms with Crippen LogP contribution in [0, 0.1) is 5.92 Å². The largest absolute Gasteiger partial charge is 0.464 e. The molecule has 1 fully saturated rings. The van der Waals surface area contributed by atoms with Crippen LogP contribution in [-0.4, -0.2) is 23.3 Å². The number of ether oxygens (including phenoxy) is 1. The molecule has 4 nitrogen and oxygen atoms in total. The number of rotatable bonds is 3. The minimum atomic E-state index is -0.379. The van der Waals surface area contributed by atoms with Crippen LogP contribution in [0.3, 0.4) is 0 Å². The molecule has 0 saturated heterocycles. The van der Waals surface area contributed by atoms with Gasteiger partial charge in [0, 0.05) is 11.6 Å². The fourth-order valence-corrected chi connectivity index (χ4v) is 1.63. The van der Waals surface area contributed by atoms with Crippen LogP contribution in [0.1, 0.15) is 41.9 Å². The summed E-state index contributed by atoms with van der Waals surface area (Å²) in [5.41, 5.74) is 1.41. The van der Waals surface area contributed by atoms with E-state index in [0.29, 0.717) is 11.6 Å². The number of aromatic amines is 1. The molecule has 1 aromatic heterocycles. The maximum Gasteiger partial charge on any atom is 0.358 e. The summed E-state index contributed by atoms with van der Waals surface area (Å²) in [6.45, 7) is 2.16. The van der Waals surface area contributed by atoms with E-state index in [1.54, 1.807) is 6.07 Å². The molecule has 1 N–H and O–H groups in total. The van der Waals surface area contributed by atoms with E-state index in [0.717, 1.165) is 11.6 Å². The Labute approximate surface area is 82.7 Å². The van der Waals surface area contributed by atoms with Gasteiger partial charge in [-0.3, -0.25) is 5.10 Å². The second-order valence-electron chi connectivity index (χ2n) is 3.83. The summed E-state index contributed by atoms with van der Waals surface area (Å²) in [5, 5.41) is 6.81. The number of nitrogens with one attached hydrogen (secondary N) is 1. The monoisotopic (exact) mass is 194 g/mol. The number of nitrogens with zero attached hydrogens (tertiary/aromatic N) is 1. The summed E-state index contributed by atoms with van der Waals surface area (Å²) in [7, 11) is 1.36. The van der Waals surface area contributed by atoms with Crippen molar-refractivity contribution < 1.29 is 9.53 Å². The number of aromatic nitrogens is 2. The lowest BCUT2D eigenvalue weighted by atomic mass is 10.0. The van der Waals surface area contributed by atoms with Crippen LogP contribution in [-0.2, 0) is 4.74 Å². The average molecular weight is 194 g/mol. The van der Waals surface area contributed by atoms with Crippen molar-refractivity contribution in [3.8, 4) is 0 Å². The van der Waals surface area contributed by atoms with Crippen molar-refractivity contribution in [1.29, 1.82) is 0 Å². The third kappa shape index (κ3) is 1.64. The van der Waals surface area contributed by atoms with Crippen molar-refractivity contribution in [3.63, 3.8) is 0 Å². The van der Waals surface area contributed by atoms with Gasteiger partial charge in [-0.05, 0) is 24.8 Å². The number of H-pyrrole nitrogens is 1. The van der Waals surface area contributed by atoms with Crippen molar-refractivity contribution in [3.05, 3.63) is 17.5 Å². The van der Waals surface area contributed by atoms with Gasteiger partial charge in [0.25, 0.3) is 0 Å². The molecule has 2 rings (SSSR count). The van der Waals surface area contributed by atoms with Crippen LogP contribution in [0.15, 0.2) is 6.07 Å². The number of hydrogen-bond donors (Lipinski definition) is 1. The van der Waals surface area contributed by atoms with E-state index in [9.17, 15) is 4.79 Å². The maximum atomic E-state index is 11.1. The molecular formula is C10H14N2O2. The topological polar surface area (TPSA) is 55.0 Å². The first-order valence-electron chi connectivity index (χ1n) is 4.86. The number of esters is 1. The summed E-state index contributed by atoms with van der Waals surface area (Å²) >= 11 is 0. The highest BCUT2D eigenvalue weighted by Gasteiger charge is 2.30. The Morgan fingerprint density at radius 1 is 1.71 bits per heavy atom. The van der Waals surface area contributed by atoms with E-state index >= 15 is 0 Å². The maximum absolute atomic E-state index is 11.1. The first kappa shape index (κ1) is 9.24. The van der Waals surface area contributed by atoms with Gasteiger partial charge in [0.05, 0.1) is 7.11 Å². The summed E-state index contributed by atoms with van der Waals surface area (Å²) in [5.74, 6) is 0.859. The second-order valence-corrected chi connectivity index (χ2v) is 3.83. The summed E-state index contributed by atoms with van der Waals surface area (Å²) in [6.07, 6.45) is 2.57. The fourth-order valence-electron chi connectivity index (χ4n) is 1.63. The molecular weight excluding hydrogens is 180 g/mol. The predicted octanol–water partition coefficient (Wildman–Crippen LogP) is 1.71. The van der Waals surface area contributed by atoms with Crippen molar-refractivity contribution in [1.82, 2.24) is 10.2 Å². The summed E-state index contributed by atoms with van der Waals surface area (Å²) in [6, 6.07) is 1.79. The highest BCUT2D eigenvalue weighted by atomic mass is 16.5. The molecule has 0 spiro atoms. The van der Waals surface area contributed by atoms with Gasteiger partial charge in [0.15, 0.2) is 5.69 Å². The molecule has 1 saturated carbocycles. The fraction of sp³-hybridized carbons (Fsp3) is 0.600. The average Bonchev–Trinajstić information content (AvgIpc) is 2.93. The van der Waals surface area contributed by atoms with Crippen LogP contribution in [0.25, 0.3) is 0 Å². The zero-order valence-corrected chi connectivity index (χ0v) is 8.41. The first-order valence-corrected chi connectivity index (χ1v) is 4.86. The molecule has 1 unspecified atom stereocenters. The molecule has 14 heavy (non-hydrogen) atoms. The van der Waals surface area contributed by atoms with Crippen molar-refractivity contribution >= 4 is 5.97 Å². The smallest absolute Gasteiger partial charge is 0.358 e. The van der Waals surface area contributed by atoms with E-state index in [4.69, 9.17) is 0 Å². The summed E-state index contributed by atoms with van der Waals surface area (Å²) in [4.78, 5) is 11.1. The second kappa shape index (κ2) is 3.44.